The van der Waals surface area contributed by atoms with Crippen LogP contribution in [0.15, 0.2) is 0 Å². The van der Waals surface area contributed by atoms with Crippen molar-refractivity contribution in [2.45, 2.75) is 89.0 Å². The average molecular weight is 556 g/mol. The van der Waals surface area contributed by atoms with E-state index < -0.39 is 22.6 Å². The van der Waals surface area contributed by atoms with Crippen LogP contribution in [0.4, 0.5) is 0 Å². The first-order chi connectivity index (χ1) is 17.3. The third kappa shape index (κ3) is 9.35. The van der Waals surface area contributed by atoms with Gasteiger partial charge in [0.05, 0.1) is 12.2 Å². The fraction of sp³-hybridized carbons (Fsp3) is 1.00. The van der Waals surface area contributed by atoms with Gasteiger partial charge in [0.15, 0.2) is 0 Å². The van der Waals surface area contributed by atoms with Crippen molar-refractivity contribution >= 4 is 17.6 Å². The van der Waals surface area contributed by atoms with Crippen LogP contribution in [0.1, 0.15) is 65.7 Å². The molecule has 12 heteroatoms. The van der Waals surface area contributed by atoms with Gasteiger partial charge < -0.3 is 47.2 Å². The van der Waals surface area contributed by atoms with Gasteiger partial charge in [-0.15, -0.1) is 0 Å². The van der Waals surface area contributed by atoms with Gasteiger partial charge in [0, 0.05) is 65.4 Å². The molecule has 0 amide bonds. The third-order valence-corrected chi connectivity index (χ3v) is 14.1. The second-order valence-electron chi connectivity index (χ2n) is 9.35. The molecule has 0 aromatic carbocycles. The van der Waals surface area contributed by atoms with Crippen molar-refractivity contribution in [3.63, 3.8) is 0 Å². The van der Waals surface area contributed by atoms with Crippen molar-refractivity contribution in [1.29, 1.82) is 0 Å². The Balaban J connectivity index is 0.000000363. The fourth-order valence-electron chi connectivity index (χ4n) is 5.57. The largest absolute Gasteiger partial charge is 0.506 e. The molecular formula is C24H53NO9Si2. The number of hydrogen-bond acceptors (Lipinski definition) is 10. The average Bonchev–Trinajstić information content (AvgIpc) is 3.65. The summed E-state index contributed by atoms with van der Waals surface area (Å²) in [7, 11) is -0.808. The molecule has 1 saturated carbocycles. The molecule has 2 fully saturated rings. The summed E-state index contributed by atoms with van der Waals surface area (Å²) in [6.45, 7) is 8.44. The number of fused-ring (bicyclic) bond motifs is 1. The molecule has 0 bridgehead atoms. The van der Waals surface area contributed by atoms with Crippen LogP contribution in [0.25, 0.3) is 0 Å². The molecule has 2 rings (SSSR count). The summed E-state index contributed by atoms with van der Waals surface area (Å²) in [6.07, 6.45) is 7.50. The van der Waals surface area contributed by atoms with Gasteiger partial charge in [-0.05, 0) is 78.2 Å². The number of aliphatic hydroxyl groups is 2. The molecule has 4 N–H and O–H groups in total. The topological polar surface area (TPSA) is 134 Å². The van der Waals surface area contributed by atoms with Gasteiger partial charge >= 0.3 is 17.6 Å². The molecule has 2 aliphatic rings. The van der Waals surface area contributed by atoms with Gasteiger partial charge in [-0.25, -0.2) is 0 Å². The van der Waals surface area contributed by atoms with E-state index in [1.807, 2.05) is 20.8 Å². The first-order valence-corrected chi connectivity index (χ1v) is 17.1. The smallest absolute Gasteiger partial charge is 0.396 e. The zero-order valence-electron chi connectivity index (χ0n) is 23.5. The predicted molar refractivity (Wildman–Crippen MR) is 143 cm³/mol. The highest BCUT2D eigenvalue weighted by atomic mass is 28.4. The molecule has 10 nitrogen and oxygen atoms in total. The Bertz CT molecular complexity index is 529. The van der Waals surface area contributed by atoms with Crippen LogP contribution < -0.4 is 5.73 Å². The van der Waals surface area contributed by atoms with Crippen LogP contribution in [0.2, 0.25) is 11.1 Å². The van der Waals surface area contributed by atoms with Gasteiger partial charge in [0.25, 0.3) is 0 Å². The number of rotatable bonds is 19. The maximum absolute atomic E-state index is 9.24. The van der Waals surface area contributed by atoms with Crippen molar-refractivity contribution in [3.05, 3.63) is 0 Å². The van der Waals surface area contributed by atoms with Crippen molar-refractivity contribution in [3.8, 4) is 0 Å². The fourth-order valence-corrected chi connectivity index (χ4v) is 11.4. The quantitative estimate of drug-likeness (QED) is 0.161. The number of epoxide rings is 1. The van der Waals surface area contributed by atoms with Gasteiger partial charge in [0.1, 0.15) is 0 Å². The van der Waals surface area contributed by atoms with Crippen molar-refractivity contribution in [2.24, 2.45) is 11.7 Å². The minimum atomic E-state index is -2.96. The van der Waals surface area contributed by atoms with Crippen LogP contribution in [0, 0.1) is 5.92 Å². The van der Waals surface area contributed by atoms with E-state index in [0.717, 1.165) is 18.4 Å². The van der Waals surface area contributed by atoms with E-state index in [4.69, 9.17) is 37.0 Å². The second-order valence-corrected chi connectivity index (χ2v) is 15.5. The van der Waals surface area contributed by atoms with E-state index in [0.29, 0.717) is 57.8 Å². The van der Waals surface area contributed by atoms with Crippen molar-refractivity contribution < 1.29 is 41.5 Å². The minimum absolute atomic E-state index is 0.0230. The second kappa shape index (κ2) is 17.6. The van der Waals surface area contributed by atoms with E-state index in [1.165, 1.54) is 40.6 Å². The van der Waals surface area contributed by atoms with Crippen LogP contribution in [-0.2, 0) is 31.3 Å². The Morgan fingerprint density at radius 3 is 1.75 bits per heavy atom. The van der Waals surface area contributed by atoms with Gasteiger partial charge in [-0.1, -0.05) is 0 Å². The molecule has 216 valence electrons. The van der Waals surface area contributed by atoms with Crippen molar-refractivity contribution in [1.82, 2.24) is 0 Å². The lowest BCUT2D eigenvalue weighted by Crippen LogP contribution is -2.56. The number of ether oxygens (including phenoxy) is 1. The summed E-state index contributed by atoms with van der Waals surface area (Å²) < 4.78 is 39.7. The SMILES string of the molecule is CCO[Si](CCC1CCC2OC2C1)(OCC)OCC.CO[Si](OC)(OC)C(CCN)(CCO)CCO. The Labute approximate surface area is 220 Å². The first-order valence-electron chi connectivity index (χ1n) is 13.5. The minimum Gasteiger partial charge on any atom is -0.396 e. The summed E-state index contributed by atoms with van der Waals surface area (Å²) in [4.78, 5) is 0. The molecule has 0 aromatic heterocycles. The van der Waals surface area contributed by atoms with E-state index in [9.17, 15) is 10.2 Å². The predicted octanol–water partition coefficient (Wildman–Crippen LogP) is 2.71. The highest BCUT2D eigenvalue weighted by molar-refractivity contribution is 6.64. The third-order valence-electron chi connectivity index (χ3n) is 7.32. The Hall–Kier alpha value is 0.0338. The molecule has 0 spiro atoms. The van der Waals surface area contributed by atoms with Crippen LogP contribution in [0.3, 0.4) is 0 Å². The summed E-state index contributed by atoms with van der Waals surface area (Å²) in [5, 5.41) is 17.9. The maximum Gasteiger partial charge on any atom is 0.506 e. The Kier molecular flexibility index (Phi) is 16.6. The summed E-state index contributed by atoms with van der Waals surface area (Å²) in [5.74, 6) is 0.761. The van der Waals surface area contributed by atoms with E-state index >= 15 is 0 Å². The normalized spacial score (nSPS) is 22.1. The van der Waals surface area contributed by atoms with E-state index in [1.54, 1.807) is 0 Å². The maximum atomic E-state index is 9.24. The van der Waals surface area contributed by atoms with Crippen LogP contribution >= 0.6 is 0 Å². The molecule has 1 aliphatic heterocycles. The standard InChI is InChI=1S/C14H28O4Si.C10H25NO5Si/c1-4-15-19(16-5-2,17-6-3)10-9-12-7-8-13-14(11-12)18-13;1-14-17(15-2,16-3)10(4-7-11,5-8-12)6-9-13/h12-14H,4-11H2,1-3H3;12-13H,4-9,11H2,1-3H3. The number of nitrogens with two attached hydrogens (primary N) is 1. The Morgan fingerprint density at radius 1 is 0.833 bits per heavy atom. The first kappa shape index (κ1) is 34.1. The summed E-state index contributed by atoms with van der Waals surface area (Å²) in [6, 6.07) is 0.949. The number of hydrogen-bond donors (Lipinski definition) is 3. The molecule has 1 heterocycles. The lowest BCUT2D eigenvalue weighted by atomic mass is 9.88. The lowest BCUT2D eigenvalue weighted by molar-refractivity contribution is 0.0668. The zero-order chi connectivity index (χ0) is 27.1. The molecule has 3 atom stereocenters. The molecule has 0 radical (unpaired) electrons. The lowest BCUT2D eigenvalue weighted by Gasteiger charge is -2.43. The molecule has 36 heavy (non-hydrogen) atoms. The summed E-state index contributed by atoms with van der Waals surface area (Å²) in [5.41, 5.74) is 5.63. The monoisotopic (exact) mass is 555 g/mol. The van der Waals surface area contributed by atoms with Gasteiger partial charge in [0.2, 0.25) is 0 Å². The van der Waals surface area contributed by atoms with Crippen molar-refractivity contribution in [2.75, 3.05) is 60.9 Å². The van der Waals surface area contributed by atoms with Gasteiger partial charge in [-0.3, -0.25) is 0 Å². The number of aliphatic hydroxyl groups excluding tert-OH is 2. The highest BCUT2D eigenvalue weighted by Crippen LogP contribution is 2.48. The molecule has 1 saturated heterocycles. The highest BCUT2D eigenvalue weighted by Gasteiger charge is 2.58. The van der Waals surface area contributed by atoms with E-state index in [2.05, 4.69) is 0 Å². The van der Waals surface area contributed by atoms with E-state index in [-0.39, 0.29) is 13.2 Å². The molecular weight excluding hydrogens is 502 g/mol. The van der Waals surface area contributed by atoms with Crippen LogP contribution in [-0.4, -0.2) is 101 Å². The Morgan fingerprint density at radius 2 is 1.36 bits per heavy atom. The molecule has 1 aliphatic carbocycles. The zero-order valence-corrected chi connectivity index (χ0v) is 25.5. The van der Waals surface area contributed by atoms with Crippen LogP contribution in [0.5, 0.6) is 0 Å². The molecule has 3 unspecified atom stereocenters. The molecule has 0 aromatic rings. The summed E-state index contributed by atoms with van der Waals surface area (Å²) >= 11 is 0. The van der Waals surface area contributed by atoms with Gasteiger partial charge in [-0.2, -0.15) is 0 Å².